The highest BCUT2D eigenvalue weighted by Gasteiger charge is 2.41. The molecule has 2 saturated carbocycles. The van der Waals surface area contributed by atoms with Crippen molar-refractivity contribution in [1.82, 2.24) is 0 Å². The largest absolute Gasteiger partial charge is 0.464 e. The topological polar surface area (TPSA) is 55.8 Å². The fourth-order valence-electron chi connectivity index (χ4n) is 5.47. The van der Waals surface area contributed by atoms with Crippen LogP contribution in [-0.2, 0) is 20.9 Å². The molecular formula is C36H42O4. The Hall–Kier alpha value is -3.39. The van der Waals surface area contributed by atoms with Crippen LogP contribution in [0.1, 0.15) is 75.0 Å². The SMILES string of the molecule is CCOC(=O)COCc1ccc(/C=C2\CCCCC2/C=C/C=C/C(O)C2(CC#Cc3ccccc3)CCC2)cc1. The van der Waals surface area contributed by atoms with E-state index in [2.05, 4.69) is 54.3 Å². The van der Waals surface area contributed by atoms with Crippen molar-refractivity contribution in [3.63, 3.8) is 0 Å². The number of benzene rings is 2. The highest BCUT2D eigenvalue weighted by molar-refractivity contribution is 5.70. The number of carbonyl (C=O) groups excluding carboxylic acids is 1. The molecule has 2 aromatic rings. The van der Waals surface area contributed by atoms with Gasteiger partial charge in [-0.1, -0.05) is 103 Å². The summed E-state index contributed by atoms with van der Waals surface area (Å²) in [5.74, 6) is 6.66. The van der Waals surface area contributed by atoms with Gasteiger partial charge in [0.1, 0.15) is 6.61 Å². The Kier molecular flexibility index (Phi) is 11.4. The Morgan fingerprint density at radius 2 is 1.88 bits per heavy atom. The second-order valence-electron chi connectivity index (χ2n) is 10.9. The summed E-state index contributed by atoms with van der Waals surface area (Å²) >= 11 is 0. The summed E-state index contributed by atoms with van der Waals surface area (Å²) in [4.78, 5) is 11.4. The Bertz CT molecular complexity index is 1220. The summed E-state index contributed by atoms with van der Waals surface area (Å²) in [7, 11) is 0. The molecule has 0 aliphatic heterocycles. The minimum Gasteiger partial charge on any atom is -0.464 e. The van der Waals surface area contributed by atoms with Gasteiger partial charge in [0, 0.05) is 17.4 Å². The van der Waals surface area contributed by atoms with Crippen LogP contribution in [0.3, 0.4) is 0 Å². The number of hydrogen-bond acceptors (Lipinski definition) is 4. The number of aliphatic hydroxyl groups is 1. The van der Waals surface area contributed by atoms with E-state index in [1.54, 1.807) is 6.92 Å². The summed E-state index contributed by atoms with van der Waals surface area (Å²) < 4.78 is 10.3. The third-order valence-electron chi connectivity index (χ3n) is 8.00. The number of rotatable bonds is 11. The predicted octanol–water partition coefficient (Wildman–Crippen LogP) is 7.43. The van der Waals surface area contributed by atoms with Crippen molar-refractivity contribution in [1.29, 1.82) is 0 Å². The third-order valence-corrected chi connectivity index (χ3v) is 8.00. The van der Waals surface area contributed by atoms with Crippen LogP contribution in [0, 0.1) is 23.2 Å². The van der Waals surface area contributed by atoms with Crippen molar-refractivity contribution >= 4 is 12.0 Å². The lowest BCUT2D eigenvalue weighted by molar-refractivity contribution is -0.148. The summed E-state index contributed by atoms with van der Waals surface area (Å²) in [6.45, 7) is 2.52. The number of carbonyl (C=O) groups is 1. The van der Waals surface area contributed by atoms with Gasteiger partial charge < -0.3 is 14.6 Å². The van der Waals surface area contributed by atoms with Gasteiger partial charge >= 0.3 is 5.97 Å². The van der Waals surface area contributed by atoms with E-state index in [1.165, 1.54) is 24.0 Å². The van der Waals surface area contributed by atoms with Gasteiger partial charge in [-0.15, -0.1) is 0 Å². The Morgan fingerprint density at radius 3 is 2.60 bits per heavy atom. The second kappa shape index (κ2) is 15.4. The fraction of sp³-hybridized carbons (Fsp3) is 0.417. The number of allylic oxidation sites excluding steroid dienone is 4. The smallest absolute Gasteiger partial charge is 0.332 e. The van der Waals surface area contributed by atoms with Crippen LogP contribution in [0.5, 0.6) is 0 Å². The van der Waals surface area contributed by atoms with Crippen molar-refractivity contribution in [2.75, 3.05) is 13.2 Å². The Morgan fingerprint density at radius 1 is 1.07 bits per heavy atom. The molecule has 0 aromatic heterocycles. The van der Waals surface area contributed by atoms with Crippen LogP contribution in [0.25, 0.3) is 6.08 Å². The predicted molar refractivity (Wildman–Crippen MR) is 161 cm³/mol. The zero-order valence-corrected chi connectivity index (χ0v) is 23.7. The van der Waals surface area contributed by atoms with Gasteiger partial charge in [-0.3, -0.25) is 0 Å². The summed E-state index contributed by atoms with van der Waals surface area (Å²) in [5, 5.41) is 11.0. The molecule has 0 heterocycles. The lowest BCUT2D eigenvalue weighted by Crippen LogP contribution is -2.40. The maximum atomic E-state index is 11.4. The molecule has 2 aromatic carbocycles. The van der Waals surface area contributed by atoms with E-state index in [9.17, 15) is 9.90 Å². The average molecular weight is 539 g/mol. The molecule has 40 heavy (non-hydrogen) atoms. The molecule has 4 nitrogen and oxygen atoms in total. The molecule has 0 amide bonds. The number of ether oxygens (including phenoxy) is 2. The second-order valence-corrected chi connectivity index (χ2v) is 10.9. The van der Waals surface area contributed by atoms with Gasteiger partial charge in [-0.2, -0.15) is 0 Å². The summed E-state index contributed by atoms with van der Waals surface area (Å²) in [5.41, 5.74) is 4.58. The van der Waals surface area contributed by atoms with Crippen molar-refractivity contribution in [2.24, 2.45) is 11.3 Å². The minimum atomic E-state index is -0.475. The zero-order chi connectivity index (χ0) is 28.0. The van der Waals surface area contributed by atoms with Gasteiger partial charge in [0.15, 0.2) is 0 Å². The van der Waals surface area contributed by atoms with Crippen molar-refractivity contribution in [3.05, 3.63) is 101 Å². The quantitative estimate of drug-likeness (QED) is 0.184. The highest BCUT2D eigenvalue weighted by Crippen LogP contribution is 2.47. The van der Waals surface area contributed by atoms with Gasteiger partial charge in [-0.05, 0) is 68.2 Å². The molecular weight excluding hydrogens is 496 g/mol. The molecule has 210 valence electrons. The van der Waals surface area contributed by atoms with E-state index in [1.807, 2.05) is 42.5 Å². The van der Waals surface area contributed by atoms with E-state index < -0.39 is 6.10 Å². The lowest BCUT2D eigenvalue weighted by Gasteiger charge is -2.43. The van der Waals surface area contributed by atoms with Gasteiger partial charge in [-0.25, -0.2) is 4.79 Å². The van der Waals surface area contributed by atoms with Crippen LogP contribution in [0.4, 0.5) is 0 Å². The Balaban J connectivity index is 1.30. The first-order valence-corrected chi connectivity index (χ1v) is 14.7. The van der Waals surface area contributed by atoms with Gasteiger partial charge in [0.25, 0.3) is 0 Å². The van der Waals surface area contributed by atoms with E-state index in [4.69, 9.17) is 9.47 Å². The summed E-state index contributed by atoms with van der Waals surface area (Å²) in [6, 6.07) is 18.4. The number of hydrogen-bond donors (Lipinski definition) is 1. The van der Waals surface area contributed by atoms with Crippen molar-refractivity contribution in [3.8, 4) is 11.8 Å². The van der Waals surface area contributed by atoms with Crippen molar-refractivity contribution < 1.29 is 19.4 Å². The van der Waals surface area contributed by atoms with Gasteiger partial charge in [0.2, 0.25) is 0 Å². The molecule has 0 radical (unpaired) electrons. The van der Waals surface area contributed by atoms with Gasteiger partial charge in [0.05, 0.1) is 19.3 Å². The van der Waals surface area contributed by atoms with E-state index in [-0.39, 0.29) is 18.0 Å². The Labute approximate surface area is 239 Å². The maximum absolute atomic E-state index is 11.4. The van der Waals surface area contributed by atoms with E-state index in [0.717, 1.165) is 49.7 Å². The van der Waals surface area contributed by atoms with Crippen LogP contribution in [0.2, 0.25) is 0 Å². The third kappa shape index (κ3) is 8.81. The number of aliphatic hydroxyl groups excluding tert-OH is 1. The van der Waals surface area contributed by atoms with Crippen LogP contribution >= 0.6 is 0 Å². The summed E-state index contributed by atoms with van der Waals surface area (Å²) in [6.07, 6.45) is 18.8. The highest BCUT2D eigenvalue weighted by atomic mass is 16.6. The first-order chi connectivity index (χ1) is 19.6. The molecule has 4 heteroatoms. The molecule has 0 spiro atoms. The molecule has 2 fully saturated rings. The molecule has 0 saturated heterocycles. The maximum Gasteiger partial charge on any atom is 0.332 e. The normalized spacial score (nSPS) is 20.1. The molecule has 2 aliphatic rings. The van der Waals surface area contributed by atoms with Crippen LogP contribution in [-0.4, -0.2) is 30.4 Å². The first-order valence-electron chi connectivity index (χ1n) is 14.7. The lowest BCUT2D eigenvalue weighted by atomic mass is 9.63. The standard InChI is InChI=1S/C36H42O4/c1-2-40-35(38)28-39-27-31-21-19-30(20-22-31)26-33-17-7-6-15-32(33)16-8-9-18-34(37)36(24-11-25-36)23-10-14-29-12-4-3-5-13-29/h3-5,8-9,12-13,16,18-22,26,32,34,37H,2,6-7,11,15,17,23-25,27-28H2,1H3/b16-8+,18-9+,33-26+. The monoisotopic (exact) mass is 538 g/mol. The molecule has 1 N–H and O–H groups in total. The van der Waals surface area contributed by atoms with Crippen LogP contribution in [0.15, 0.2) is 84.5 Å². The van der Waals surface area contributed by atoms with Crippen LogP contribution < -0.4 is 0 Å². The van der Waals surface area contributed by atoms with Crippen molar-refractivity contribution in [2.45, 2.75) is 71.0 Å². The molecule has 2 atom stereocenters. The number of esters is 1. The fourth-order valence-corrected chi connectivity index (χ4v) is 5.47. The molecule has 2 aliphatic carbocycles. The zero-order valence-electron chi connectivity index (χ0n) is 23.7. The minimum absolute atomic E-state index is 0.0253. The van der Waals surface area contributed by atoms with E-state index in [0.29, 0.717) is 19.1 Å². The first kappa shape index (κ1) is 29.6. The van der Waals surface area contributed by atoms with E-state index >= 15 is 0 Å². The average Bonchev–Trinajstić information content (AvgIpc) is 2.95. The molecule has 0 bridgehead atoms. The molecule has 2 unspecified atom stereocenters. The molecule has 4 rings (SSSR count).